The van der Waals surface area contributed by atoms with Crippen molar-refractivity contribution in [3.63, 3.8) is 0 Å². The van der Waals surface area contributed by atoms with Crippen LogP contribution >= 0.6 is 0 Å². The average molecular weight is 318 g/mol. The van der Waals surface area contributed by atoms with Gasteiger partial charge in [-0.2, -0.15) is 0 Å². The minimum absolute atomic E-state index is 0.0216. The number of amides is 2. The summed E-state index contributed by atoms with van der Waals surface area (Å²) in [5.74, 6) is -3.85. The highest BCUT2D eigenvalue weighted by molar-refractivity contribution is 6.39. The molecule has 0 aliphatic heterocycles. The second-order valence-corrected chi connectivity index (χ2v) is 4.93. The fourth-order valence-corrected chi connectivity index (χ4v) is 1.98. The van der Waals surface area contributed by atoms with Gasteiger partial charge < -0.3 is 10.6 Å². The molecule has 6 heteroatoms. The van der Waals surface area contributed by atoms with Crippen molar-refractivity contribution in [3.05, 3.63) is 65.7 Å². The first kappa shape index (κ1) is 16.6. The second-order valence-electron chi connectivity index (χ2n) is 4.93. The zero-order valence-electron chi connectivity index (χ0n) is 12.3. The van der Waals surface area contributed by atoms with E-state index >= 15 is 0 Å². The fraction of sp³-hybridized carbons (Fsp3) is 0.176. The number of rotatable bonds is 5. The average Bonchev–Trinajstić information content (AvgIpc) is 2.55. The number of hydrogen-bond acceptors (Lipinski definition) is 2. The van der Waals surface area contributed by atoms with Crippen LogP contribution in [0.25, 0.3) is 0 Å². The molecule has 0 fully saturated rings. The molecule has 0 spiro atoms. The van der Waals surface area contributed by atoms with Crippen molar-refractivity contribution in [2.24, 2.45) is 0 Å². The van der Waals surface area contributed by atoms with Crippen LogP contribution in [0, 0.1) is 11.6 Å². The first-order valence-corrected chi connectivity index (χ1v) is 7.14. The highest BCUT2D eigenvalue weighted by atomic mass is 19.2. The first-order chi connectivity index (χ1) is 11.1. The van der Waals surface area contributed by atoms with Crippen LogP contribution < -0.4 is 10.6 Å². The Bertz CT molecular complexity index is 690. The van der Waals surface area contributed by atoms with Crippen LogP contribution in [-0.2, 0) is 16.0 Å². The molecule has 4 nitrogen and oxygen atoms in total. The number of nitrogens with one attached hydrogen (secondary N) is 2. The van der Waals surface area contributed by atoms with Crippen LogP contribution in [0.15, 0.2) is 48.5 Å². The Balaban J connectivity index is 1.74. The van der Waals surface area contributed by atoms with E-state index in [0.717, 1.165) is 24.1 Å². The molecule has 0 atom stereocenters. The van der Waals surface area contributed by atoms with Gasteiger partial charge in [0.15, 0.2) is 11.6 Å². The lowest BCUT2D eigenvalue weighted by molar-refractivity contribution is -0.136. The van der Waals surface area contributed by atoms with E-state index in [9.17, 15) is 18.4 Å². The van der Waals surface area contributed by atoms with Gasteiger partial charge in [-0.1, -0.05) is 30.3 Å². The Morgan fingerprint density at radius 3 is 2.35 bits per heavy atom. The molecule has 0 aliphatic carbocycles. The molecule has 2 aromatic rings. The van der Waals surface area contributed by atoms with E-state index in [4.69, 9.17) is 0 Å². The van der Waals surface area contributed by atoms with Gasteiger partial charge in [0.1, 0.15) is 0 Å². The molecule has 0 heterocycles. The van der Waals surface area contributed by atoms with Gasteiger partial charge in [-0.15, -0.1) is 0 Å². The Kier molecular flexibility index (Phi) is 5.80. The zero-order valence-corrected chi connectivity index (χ0v) is 12.3. The fourth-order valence-electron chi connectivity index (χ4n) is 1.98. The molecule has 0 radical (unpaired) electrons. The number of aryl methyl sites for hydroxylation is 1. The van der Waals surface area contributed by atoms with Crippen molar-refractivity contribution in [2.75, 3.05) is 11.9 Å². The van der Waals surface area contributed by atoms with Crippen LogP contribution in [0.5, 0.6) is 0 Å². The van der Waals surface area contributed by atoms with Crippen LogP contribution in [0.2, 0.25) is 0 Å². The number of hydrogen-bond donors (Lipinski definition) is 2. The minimum Gasteiger partial charge on any atom is -0.348 e. The van der Waals surface area contributed by atoms with Crippen molar-refractivity contribution in [2.45, 2.75) is 12.8 Å². The molecule has 120 valence electrons. The third kappa shape index (κ3) is 5.18. The molecule has 23 heavy (non-hydrogen) atoms. The van der Waals surface area contributed by atoms with Gasteiger partial charge in [0.05, 0.1) is 0 Å². The molecule has 2 rings (SSSR count). The summed E-state index contributed by atoms with van der Waals surface area (Å²) in [4.78, 5) is 23.3. The van der Waals surface area contributed by atoms with Gasteiger partial charge in [-0.25, -0.2) is 8.78 Å². The monoisotopic (exact) mass is 318 g/mol. The molecule has 0 saturated heterocycles. The SMILES string of the molecule is O=C(NCCCc1ccccc1)C(=O)Nc1ccc(F)c(F)c1. The van der Waals surface area contributed by atoms with E-state index < -0.39 is 23.4 Å². The molecule has 2 N–H and O–H groups in total. The van der Waals surface area contributed by atoms with Crippen LogP contribution in [0.4, 0.5) is 14.5 Å². The number of carbonyl (C=O) groups excluding carboxylic acids is 2. The summed E-state index contributed by atoms with van der Waals surface area (Å²) in [6, 6.07) is 12.6. The summed E-state index contributed by atoms with van der Waals surface area (Å²) >= 11 is 0. The van der Waals surface area contributed by atoms with E-state index in [1.54, 1.807) is 0 Å². The molecule has 0 aromatic heterocycles. The van der Waals surface area contributed by atoms with Gasteiger partial charge in [0, 0.05) is 18.3 Å². The van der Waals surface area contributed by atoms with Crippen molar-refractivity contribution in [1.29, 1.82) is 0 Å². The van der Waals surface area contributed by atoms with Gasteiger partial charge in [-0.05, 0) is 30.5 Å². The van der Waals surface area contributed by atoms with Crippen LogP contribution in [0.1, 0.15) is 12.0 Å². The molecule has 2 amide bonds. The zero-order chi connectivity index (χ0) is 16.7. The standard InChI is InChI=1S/C17H16F2N2O2/c18-14-9-8-13(11-15(14)19)21-17(23)16(22)20-10-4-7-12-5-2-1-3-6-12/h1-3,5-6,8-9,11H,4,7,10H2,(H,20,22)(H,21,23). The summed E-state index contributed by atoms with van der Waals surface area (Å²) in [6.45, 7) is 0.346. The van der Waals surface area contributed by atoms with E-state index in [1.165, 1.54) is 6.07 Å². The third-order valence-electron chi connectivity index (χ3n) is 3.15. The maximum atomic E-state index is 13.0. The number of benzene rings is 2. The van der Waals surface area contributed by atoms with Gasteiger partial charge in [-0.3, -0.25) is 9.59 Å². The summed E-state index contributed by atoms with van der Waals surface area (Å²) in [5, 5.41) is 4.69. The lowest BCUT2D eigenvalue weighted by atomic mass is 10.1. The molecule has 0 unspecified atom stereocenters. The minimum atomic E-state index is -1.09. The Labute approximate surface area is 132 Å². The van der Waals surface area contributed by atoms with E-state index in [2.05, 4.69) is 10.6 Å². The first-order valence-electron chi connectivity index (χ1n) is 7.14. The summed E-state index contributed by atoms with van der Waals surface area (Å²) in [7, 11) is 0. The normalized spacial score (nSPS) is 10.2. The third-order valence-corrected chi connectivity index (χ3v) is 3.15. The molecule has 0 bridgehead atoms. The second kappa shape index (κ2) is 8.03. The highest BCUT2D eigenvalue weighted by Crippen LogP contribution is 2.12. The number of halogens is 2. The Morgan fingerprint density at radius 2 is 1.65 bits per heavy atom. The number of anilines is 1. The maximum Gasteiger partial charge on any atom is 0.313 e. The van der Waals surface area contributed by atoms with Crippen molar-refractivity contribution in [3.8, 4) is 0 Å². The Morgan fingerprint density at radius 1 is 0.913 bits per heavy atom. The van der Waals surface area contributed by atoms with Crippen molar-refractivity contribution < 1.29 is 18.4 Å². The lowest BCUT2D eigenvalue weighted by Crippen LogP contribution is -2.36. The van der Waals surface area contributed by atoms with Crippen LogP contribution in [-0.4, -0.2) is 18.4 Å². The molecular formula is C17H16F2N2O2. The van der Waals surface area contributed by atoms with Crippen molar-refractivity contribution in [1.82, 2.24) is 5.32 Å². The predicted molar refractivity (Wildman–Crippen MR) is 82.8 cm³/mol. The summed E-state index contributed by atoms with van der Waals surface area (Å²) < 4.78 is 25.8. The maximum absolute atomic E-state index is 13.0. The summed E-state index contributed by atoms with van der Waals surface area (Å²) in [5.41, 5.74) is 1.17. The van der Waals surface area contributed by atoms with Gasteiger partial charge >= 0.3 is 11.8 Å². The molecule has 2 aromatic carbocycles. The lowest BCUT2D eigenvalue weighted by Gasteiger charge is -2.07. The quantitative estimate of drug-likeness (QED) is 0.658. The molecule has 0 saturated carbocycles. The largest absolute Gasteiger partial charge is 0.348 e. The van der Waals surface area contributed by atoms with Crippen LogP contribution in [0.3, 0.4) is 0 Å². The number of carbonyl (C=O) groups is 2. The van der Waals surface area contributed by atoms with E-state index in [-0.39, 0.29) is 5.69 Å². The van der Waals surface area contributed by atoms with Gasteiger partial charge in [0.2, 0.25) is 0 Å². The smallest absolute Gasteiger partial charge is 0.313 e. The van der Waals surface area contributed by atoms with E-state index in [0.29, 0.717) is 13.0 Å². The Hall–Kier alpha value is -2.76. The highest BCUT2D eigenvalue weighted by Gasteiger charge is 2.14. The molecular weight excluding hydrogens is 302 g/mol. The van der Waals surface area contributed by atoms with Gasteiger partial charge in [0.25, 0.3) is 0 Å². The van der Waals surface area contributed by atoms with E-state index in [1.807, 2.05) is 30.3 Å². The molecule has 0 aliphatic rings. The summed E-state index contributed by atoms with van der Waals surface area (Å²) in [6.07, 6.45) is 1.47. The predicted octanol–water partition coefficient (Wildman–Crippen LogP) is 2.65. The van der Waals surface area contributed by atoms with Crippen molar-refractivity contribution >= 4 is 17.5 Å². The topological polar surface area (TPSA) is 58.2 Å².